The molecule has 0 radical (unpaired) electrons. The maximum atomic E-state index is 5.83. The minimum absolute atomic E-state index is 0.620. The van der Waals surface area contributed by atoms with Crippen LogP contribution in [0.3, 0.4) is 0 Å². The largest absolute Gasteiger partial charge is 0.459 e. The van der Waals surface area contributed by atoms with Gasteiger partial charge in [0.05, 0.1) is 5.02 Å². The summed E-state index contributed by atoms with van der Waals surface area (Å²) in [5.41, 5.74) is 2.86. The van der Waals surface area contributed by atoms with E-state index in [4.69, 9.17) is 16.0 Å². The number of fused-ring (bicyclic) bond motifs is 1. The molecule has 16 heavy (non-hydrogen) atoms. The minimum Gasteiger partial charge on any atom is -0.459 e. The monoisotopic (exact) mass is 239 g/mol. The molecular weight excluding hydrogens is 222 g/mol. The molecule has 2 heterocycles. The van der Waals surface area contributed by atoms with E-state index in [1.54, 1.807) is 6.20 Å². The lowest BCUT2D eigenvalue weighted by Gasteiger charge is -1.91. The maximum absolute atomic E-state index is 5.83. The van der Waals surface area contributed by atoms with E-state index < -0.39 is 0 Å². The van der Waals surface area contributed by atoms with Gasteiger partial charge >= 0.3 is 0 Å². The summed E-state index contributed by atoms with van der Waals surface area (Å²) in [5.74, 6) is 1.03. The zero-order valence-corrected chi connectivity index (χ0v) is 11.1. The Morgan fingerprint density at radius 3 is 2.69 bits per heavy atom. The molecule has 0 bridgehead atoms. The average Bonchev–Trinajstić information content (AvgIpc) is 2.59. The van der Waals surface area contributed by atoms with Crippen LogP contribution in [0, 0.1) is 6.92 Å². The topological polar surface area (TPSA) is 26.0 Å². The van der Waals surface area contributed by atoms with Crippen molar-refractivity contribution in [3.05, 3.63) is 28.6 Å². The van der Waals surface area contributed by atoms with Crippen molar-refractivity contribution in [1.82, 2.24) is 4.98 Å². The van der Waals surface area contributed by atoms with Gasteiger partial charge in [-0.05, 0) is 13.3 Å². The Balaban J connectivity index is 0.000000606. The standard InChI is InChI=1S/C11H12ClNO.C2H6/c1-3-4-9-7(2)11-10(14-9)5-8(12)6-13-11;1-2/h5-6H,3-4H2,1-2H3;1-2H3. The zero-order valence-electron chi connectivity index (χ0n) is 10.3. The number of aromatic nitrogens is 1. The molecule has 0 atom stereocenters. The van der Waals surface area contributed by atoms with E-state index in [0.29, 0.717) is 5.02 Å². The summed E-state index contributed by atoms with van der Waals surface area (Å²) >= 11 is 5.83. The molecule has 0 saturated carbocycles. The summed E-state index contributed by atoms with van der Waals surface area (Å²) in [5, 5.41) is 0.620. The van der Waals surface area contributed by atoms with Crippen molar-refractivity contribution < 1.29 is 4.42 Å². The zero-order chi connectivity index (χ0) is 12.1. The fraction of sp³-hybridized carbons (Fsp3) is 0.462. The van der Waals surface area contributed by atoms with E-state index in [-0.39, 0.29) is 0 Å². The number of hydrogen-bond donors (Lipinski definition) is 0. The third-order valence-electron chi connectivity index (χ3n) is 2.30. The van der Waals surface area contributed by atoms with Crippen LogP contribution in [-0.2, 0) is 6.42 Å². The van der Waals surface area contributed by atoms with Crippen LogP contribution in [0.4, 0.5) is 0 Å². The number of halogens is 1. The van der Waals surface area contributed by atoms with E-state index in [1.165, 1.54) is 0 Å². The van der Waals surface area contributed by atoms with E-state index in [2.05, 4.69) is 11.9 Å². The molecular formula is C13H18ClNO. The van der Waals surface area contributed by atoms with Gasteiger partial charge in [-0.1, -0.05) is 32.4 Å². The van der Waals surface area contributed by atoms with Gasteiger partial charge in [0.15, 0.2) is 5.58 Å². The van der Waals surface area contributed by atoms with E-state index in [9.17, 15) is 0 Å². The minimum atomic E-state index is 0.620. The van der Waals surface area contributed by atoms with Gasteiger partial charge in [-0.3, -0.25) is 4.98 Å². The van der Waals surface area contributed by atoms with Crippen molar-refractivity contribution >= 4 is 22.7 Å². The highest BCUT2D eigenvalue weighted by atomic mass is 35.5. The van der Waals surface area contributed by atoms with Gasteiger partial charge in [-0.25, -0.2) is 0 Å². The van der Waals surface area contributed by atoms with Gasteiger partial charge in [-0.2, -0.15) is 0 Å². The molecule has 0 spiro atoms. The second-order valence-corrected chi connectivity index (χ2v) is 3.84. The summed E-state index contributed by atoms with van der Waals surface area (Å²) in [4.78, 5) is 4.26. The molecule has 0 fully saturated rings. The Morgan fingerprint density at radius 1 is 1.38 bits per heavy atom. The Labute approximate surface area is 102 Å². The Morgan fingerprint density at radius 2 is 2.06 bits per heavy atom. The molecule has 0 amide bonds. The number of pyridine rings is 1. The summed E-state index contributed by atoms with van der Waals surface area (Å²) in [6.07, 6.45) is 3.69. The quantitative estimate of drug-likeness (QED) is 0.755. The first-order valence-corrected chi connectivity index (χ1v) is 6.13. The molecule has 2 aromatic heterocycles. The fourth-order valence-electron chi connectivity index (χ4n) is 1.59. The molecule has 0 aliphatic rings. The lowest BCUT2D eigenvalue weighted by Crippen LogP contribution is -1.82. The second kappa shape index (κ2) is 5.90. The first-order chi connectivity index (χ1) is 7.72. The second-order valence-electron chi connectivity index (χ2n) is 3.40. The van der Waals surface area contributed by atoms with Gasteiger partial charge < -0.3 is 4.42 Å². The van der Waals surface area contributed by atoms with E-state index >= 15 is 0 Å². The predicted octanol–water partition coefficient (Wildman–Crippen LogP) is 4.77. The van der Waals surface area contributed by atoms with Crippen LogP contribution >= 0.6 is 11.6 Å². The molecule has 0 saturated heterocycles. The normalized spacial score (nSPS) is 10.1. The van der Waals surface area contributed by atoms with Crippen molar-refractivity contribution in [2.45, 2.75) is 40.5 Å². The van der Waals surface area contributed by atoms with Crippen molar-refractivity contribution in [1.29, 1.82) is 0 Å². The van der Waals surface area contributed by atoms with Crippen LogP contribution in [0.25, 0.3) is 11.1 Å². The summed E-state index contributed by atoms with van der Waals surface area (Å²) in [6, 6.07) is 1.82. The predicted molar refractivity (Wildman–Crippen MR) is 69.1 cm³/mol. The smallest absolute Gasteiger partial charge is 0.154 e. The lowest BCUT2D eigenvalue weighted by atomic mass is 10.2. The molecule has 0 N–H and O–H groups in total. The van der Waals surface area contributed by atoms with Crippen LogP contribution in [0.15, 0.2) is 16.7 Å². The highest BCUT2D eigenvalue weighted by Gasteiger charge is 2.10. The molecule has 0 aromatic carbocycles. The summed E-state index contributed by atoms with van der Waals surface area (Å²) in [7, 11) is 0. The van der Waals surface area contributed by atoms with Crippen LogP contribution < -0.4 is 0 Å². The number of aryl methyl sites for hydroxylation is 2. The maximum Gasteiger partial charge on any atom is 0.154 e. The molecule has 0 unspecified atom stereocenters. The highest BCUT2D eigenvalue weighted by molar-refractivity contribution is 6.31. The molecule has 0 aliphatic heterocycles. The van der Waals surface area contributed by atoms with Crippen LogP contribution in [0.1, 0.15) is 38.5 Å². The van der Waals surface area contributed by atoms with Gasteiger partial charge in [0.25, 0.3) is 0 Å². The van der Waals surface area contributed by atoms with Gasteiger partial charge in [-0.15, -0.1) is 0 Å². The molecule has 2 nitrogen and oxygen atoms in total. The number of rotatable bonds is 2. The third-order valence-corrected chi connectivity index (χ3v) is 2.51. The van der Waals surface area contributed by atoms with Gasteiger partial charge in [0.1, 0.15) is 11.3 Å². The molecule has 88 valence electrons. The highest BCUT2D eigenvalue weighted by Crippen LogP contribution is 2.26. The SMILES string of the molecule is CC.CCCc1oc2cc(Cl)cnc2c1C. The van der Waals surface area contributed by atoms with Crippen molar-refractivity contribution in [3.8, 4) is 0 Å². The first-order valence-electron chi connectivity index (χ1n) is 5.76. The van der Waals surface area contributed by atoms with Crippen molar-refractivity contribution in [2.75, 3.05) is 0 Å². The van der Waals surface area contributed by atoms with E-state index in [0.717, 1.165) is 35.3 Å². The molecule has 0 aliphatic carbocycles. The molecule has 2 aromatic rings. The summed E-state index contributed by atoms with van der Waals surface area (Å²) in [6.45, 7) is 8.17. The lowest BCUT2D eigenvalue weighted by molar-refractivity contribution is 0.540. The number of nitrogens with zero attached hydrogens (tertiary/aromatic N) is 1. The van der Waals surface area contributed by atoms with Gasteiger partial charge in [0.2, 0.25) is 0 Å². The number of furan rings is 1. The summed E-state index contributed by atoms with van der Waals surface area (Å²) < 4.78 is 5.67. The third kappa shape index (κ3) is 2.56. The van der Waals surface area contributed by atoms with Crippen LogP contribution in [-0.4, -0.2) is 4.98 Å². The van der Waals surface area contributed by atoms with Crippen molar-refractivity contribution in [3.63, 3.8) is 0 Å². The van der Waals surface area contributed by atoms with E-state index in [1.807, 2.05) is 26.8 Å². The Bertz CT molecular complexity index is 462. The first kappa shape index (κ1) is 13.0. The van der Waals surface area contributed by atoms with Gasteiger partial charge in [0, 0.05) is 24.2 Å². The Kier molecular flexibility index (Phi) is 4.81. The molecule has 3 heteroatoms. The number of hydrogen-bond acceptors (Lipinski definition) is 2. The van der Waals surface area contributed by atoms with Crippen molar-refractivity contribution in [2.24, 2.45) is 0 Å². The Hall–Kier alpha value is -1.02. The fourth-order valence-corrected chi connectivity index (χ4v) is 1.73. The van der Waals surface area contributed by atoms with Crippen LogP contribution in [0.2, 0.25) is 5.02 Å². The average molecular weight is 240 g/mol. The van der Waals surface area contributed by atoms with Crippen LogP contribution in [0.5, 0.6) is 0 Å². The molecule has 2 rings (SSSR count).